The molecule has 0 unspecified atom stereocenters. The molecule has 3 aromatic heterocycles. The van der Waals surface area contributed by atoms with E-state index >= 15 is 0 Å². The molecule has 11 rings (SSSR count). The second kappa shape index (κ2) is 13.6. The third kappa shape index (κ3) is 5.58. The van der Waals surface area contributed by atoms with Gasteiger partial charge in [0, 0.05) is 62.0 Å². The average Bonchev–Trinajstić information content (AvgIpc) is 3.29. The first-order valence-electron chi connectivity index (χ1n) is 19.3. The van der Waals surface area contributed by atoms with Gasteiger partial charge in [-0.2, -0.15) is 0 Å². The van der Waals surface area contributed by atoms with Crippen LogP contribution in [-0.2, 0) is 0 Å². The van der Waals surface area contributed by atoms with E-state index in [1.807, 2.05) is 18.5 Å². The number of benzene rings is 8. The highest BCUT2D eigenvalue weighted by Gasteiger charge is 2.19. The summed E-state index contributed by atoms with van der Waals surface area (Å²) in [6.45, 7) is 0. The fourth-order valence-corrected chi connectivity index (χ4v) is 8.47. The number of pyridine rings is 3. The van der Waals surface area contributed by atoms with Crippen molar-refractivity contribution >= 4 is 71.3 Å². The summed E-state index contributed by atoms with van der Waals surface area (Å²) in [4.78, 5) is 17.2. The van der Waals surface area contributed by atoms with Crippen molar-refractivity contribution < 1.29 is 0 Å². The summed E-state index contributed by atoms with van der Waals surface area (Å²) in [5.74, 6) is 0. The maximum absolute atomic E-state index is 5.38. The number of fused-ring (bicyclic) bond motifs is 8. The molecule has 57 heavy (non-hydrogen) atoms. The molecule has 0 saturated heterocycles. The summed E-state index contributed by atoms with van der Waals surface area (Å²) >= 11 is 0. The molecule has 11 aromatic rings. The molecule has 0 atom stereocenters. The number of nitrogens with zero attached hydrogens (tertiary/aromatic N) is 4. The standard InChI is InChI=1S/C53H34N4/c1-3-13-39(14-4-1)57(40-15-5-2-6-16-40)41-28-25-36(26-29-41)35-21-23-38(24-22-35)51-48-34-47(43-31-33-55-53-45(43)30-27-37-12-11-32-54-52(37)53)42-17-7-8-18-44(42)50(48)46-19-9-10-20-49(46)56-51/h1-34H. The largest absolute Gasteiger partial charge is 0.311 e. The van der Waals surface area contributed by atoms with E-state index in [2.05, 4.69) is 193 Å². The number of aromatic nitrogens is 3. The molecule has 0 amide bonds. The van der Waals surface area contributed by atoms with Gasteiger partial charge in [-0.25, -0.2) is 4.98 Å². The van der Waals surface area contributed by atoms with Crippen molar-refractivity contribution in [1.29, 1.82) is 0 Å². The molecular formula is C53H34N4. The van der Waals surface area contributed by atoms with Gasteiger partial charge in [0.15, 0.2) is 0 Å². The van der Waals surface area contributed by atoms with Gasteiger partial charge in [-0.05, 0) is 93.7 Å². The molecule has 0 radical (unpaired) electrons. The van der Waals surface area contributed by atoms with Crippen LogP contribution in [0.5, 0.6) is 0 Å². The molecule has 0 aliphatic carbocycles. The Kier molecular flexibility index (Phi) is 7.78. The number of para-hydroxylation sites is 3. The van der Waals surface area contributed by atoms with Gasteiger partial charge in [-0.1, -0.05) is 133 Å². The number of anilines is 3. The highest BCUT2D eigenvalue weighted by Crippen LogP contribution is 2.44. The zero-order valence-corrected chi connectivity index (χ0v) is 30.9. The topological polar surface area (TPSA) is 41.9 Å². The first-order valence-corrected chi connectivity index (χ1v) is 19.3. The van der Waals surface area contributed by atoms with Gasteiger partial charge in [0.05, 0.1) is 22.2 Å². The molecular weight excluding hydrogens is 693 g/mol. The first kappa shape index (κ1) is 32.7. The van der Waals surface area contributed by atoms with Crippen LogP contribution in [0.1, 0.15) is 0 Å². The van der Waals surface area contributed by atoms with Crippen molar-refractivity contribution in [2.45, 2.75) is 0 Å². The highest BCUT2D eigenvalue weighted by atomic mass is 15.1. The van der Waals surface area contributed by atoms with Gasteiger partial charge in [-0.3, -0.25) is 9.97 Å². The second-order valence-electron chi connectivity index (χ2n) is 14.4. The smallest absolute Gasteiger partial charge is 0.0970 e. The lowest BCUT2D eigenvalue weighted by atomic mass is 9.88. The zero-order valence-electron chi connectivity index (χ0n) is 30.9. The van der Waals surface area contributed by atoms with Crippen molar-refractivity contribution in [3.05, 3.63) is 207 Å². The Balaban J connectivity index is 1.05. The Morgan fingerprint density at radius 2 is 0.947 bits per heavy atom. The van der Waals surface area contributed by atoms with Gasteiger partial charge in [0.2, 0.25) is 0 Å². The molecule has 0 N–H and O–H groups in total. The van der Waals surface area contributed by atoms with E-state index in [9.17, 15) is 0 Å². The van der Waals surface area contributed by atoms with Crippen LogP contribution in [0.4, 0.5) is 17.1 Å². The van der Waals surface area contributed by atoms with Gasteiger partial charge in [0.1, 0.15) is 0 Å². The van der Waals surface area contributed by atoms with Crippen molar-refractivity contribution in [3.8, 4) is 33.5 Å². The Morgan fingerprint density at radius 1 is 0.351 bits per heavy atom. The minimum Gasteiger partial charge on any atom is -0.311 e. The molecule has 0 aliphatic rings. The average molecular weight is 727 g/mol. The van der Waals surface area contributed by atoms with E-state index in [1.165, 1.54) is 16.2 Å². The van der Waals surface area contributed by atoms with Crippen LogP contribution in [0.15, 0.2) is 207 Å². The molecule has 266 valence electrons. The van der Waals surface area contributed by atoms with Gasteiger partial charge >= 0.3 is 0 Å². The lowest BCUT2D eigenvalue weighted by Crippen LogP contribution is -2.09. The van der Waals surface area contributed by atoms with Crippen molar-refractivity contribution in [3.63, 3.8) is 0 Å². The minimum absolute atomic E-state index is 0.906. The monoisotopic (exact) mass is 726 g/mol. The molecule has 4 nitrogen and oxygen atoms in total. The number of rotatable bonds is 6. The summed E-state index contributed by atoms with van der Waals surface area (Å²) in [5.41, 5.74) is 12.8. The van der Waals surface area contributed by atoms with Gasteiger partial charge in [-0.15, -0.1) is 0 Å². The van der Waals surface area contributed by atoms with Crippen LogP contribution in [0.2, 0.25) is 0 Å². The van der Waals surface area contributed by atoms with Crippen LogP contribution in [0, 0.1) is 0 Å². The highest BCUT2D eigenvalue weighted by molar-refractivity contribution is 6.26. The van der Waals surface area contributed by atoms with Crippen LogP contribution in [0.25, 0.3) is 87.8 Å². The van der Waals surface area contributed by atoms with Crippen molar-refractivity contribution in [2.24, 2.45) is 0 Å². The van der Waals surface area contributed by atoms with E-state index in [0.717, 1.165) is 88.7 Å². The van der Waals surface area contributed by atoms with E-state index in [1.54, 1.807) is 0 Å². The zero-order chi connectivity index (χ0) is 37.7. The summed E-state index contributed by atoms with van der Waals surface area (Å²) < 4.78 is 0. The molecule has 0 saturated carbocycles. The predicted molar refractivity (Wildman–Crippen MR) is 238 cm³/mol. The van der Waals surface area contributed by atoms with Crippen LogP contribution >= 0.6 is 0 Å². The molecule has 0 fully saturated rings. The Morgan fingerprint density at radius 3 is 1.68 bits per heavy atom. The van der Waals surface area contributed by atoms with Crippen LogP contribution in [-0.4, -0.2) is 15.0 Å². The number of hydrogen-bond acceptors (Lipinski definition) is 4. The van der Waals surface area contributed by atoms with Crippen molar-refractivity contribution in [1.82, 2.24) is 15.0 Å². The van der Waals surface area contributed by atoms with Crippen molar-refractivity contribution in [2.75, 3.05) is 4.90 Å². The molecule has 0 spiro atoms. The Bertz CT molecular complexity index is 3230. The summed E-state index contributed by atoms with van der Waals surface area (Å²) in [6, 6.07) is 68.9. The maximum atomic E-state index is 5.38. The lowest BCUT2D eigenvalue weighted by molar-refractivity contribution is 1.28. The van der Waals surface area contributed by atoms with E-state index in [-0.39, 0.29) is 0 Å². The SMILES string of the molecule is c1ccc(N(c2ccccc2)c2ccc(-c3ccc(-c4nc5ccccc5c5c4cc(-c4ccnc6c4ccc4cccnc46)c4ccccc45)cc3)cc2)cc1. The van der Waals surface area contributed by atoms with Crippen LogP contribution < -0.4 is 4.90 Å². The summed E-state index contributed by atoms with van der Waals surface area (Å²) in [6.07, 6.45) is 3.76. The third-order valence-corrected chi connectivity index (χ3v) is 11.1. The molecule has 4 heteroatoms. The molecule has 0 bridgehead atoms. The Labute approximate surface area is 330 Å². The van der Waals surface area contributed by atoms with E-state index in [0.29, 0.717) is 0 Å². The van der Waals surface area contributed by atoms with Crippen LogP contribution in [0.3, 0.4) is 0 Å². The lowest BCUT2D eigenvalue weighted by Gasteiger charge is -2.25. The predicted octanol–water partition coefficient (Wildman–Crippen LogP) is 14.1. The van der Waals surface area contributed by atoms with Gasteiger partial charge in [0.25, 0.3) is 0 Å². The quantitative estimate of drug-likeness (QED) is 0.160. The maximum Gasteiger partial charge on any atom is 0.0970 e. The minimum atomic E-state index is 0.906. The summed E-state index contributed by atoms with van der Waals surface area (Å²) in [5, 5.41) is 8.02. The fourth-order valence-electron chi connectivity index (χ4n) is 8.47. The fraction of sp³-hybridized carbons (Fsp3) is 0. The number of hydrogen-bond donors (Lipinski definition) is 0. The Hall–Kier alpha value is -7.69. The van der Waals surface area contributed by atoms with E-state index in [4.69, 9.17) is 15.0 Å². The van der Waals surface area contributed by atoms with Gasteiger partial charge < -0.3 is 4.90 Å². The molecule has 0 aliphatic heterocycles. The first-order chi connectivity index (χ1) is 28.3. The molecule has 8 aromatic carbocycles. The second-order valence-corrected chi connectivity index (χ2v) is 14.4. The normalized spacial score (nSPS) is 11.5. The third-order valence-electron chi connectivity index (χ3n) is 11.1. The summed E-state index contributed by atoms with van der Waals surface area (Å²) in [7, 11) is 0. The van der Waals surface area contributed by atoms with E-state index < -0.39 is 0 Å². The molecule has 3 heterocycles.